The molecule has 1 heterocycles. The van der Waals surface area contributed by atoms with Gasteiger partial charge in [-0.15, -0.1) is 0 Å². The number of aromatic nitrogens is 2. The lowest BCUT2D eigenvalue weighted by atomic mass is 10.1. The number of non-ortho nitro benzene ring substituents is 1. The Morgan fingerprint density at radius 3 is 2.73 bits per heavy atom. The molecule has 0 N–H and O–H groups in total. The lowest BCUT2D eigenvalue weighted by molar-refractivity contribution is -0.384. The van der Waals surface area contributed by atoms with Crippen LogP contribution in [0.1, 0.15) is 11.1 Å². The predicted octanol–water partition coefficient (Wildman–Crippen LogP) is 2.66. The van der Waals surface area contributed by atoms with Crippen LogP contribution in [0.15, 0.2) is 53.6 Å². The summed E-state index contributed by atoms with van der Waals surface area (Å²) >= 11 is 0. The van der Waals surface area contributed by atoms with Crippen LogP contribution >= 0.6 is 0 Å². The Morgan fingerprint density at radius 1 is 1.23 bits per heavy atom. The highest BCUT2D eigenvalue weighted by molar-refractivity contribution is 5.79. The van der Waals surface area contributed by atoms with Crippen molar-refractivity contribution in [3.05, 3.63) is 80.4 Å². The van der Waals surface area contributed by atoms with Crippen LogP contribution in [0.2, 0.25) is 0 Å². The summed E-state index contributed by atoms with van der Waals surface area (Å²) in [7, 11) is 0. The summed E-state index contributed by atoms with van der Waals surface area (Å²) in [4.78, 5) is 26.9. The molecule has 6 heteroatoms. The molecule has 0 aliphatic heterocycles. The number of hydrogen-bond acceptors (Lipinski definition) is 4. The van der Waals surface area contributed by atoms with Crippen LogP contribution in [0.5, 0.6) is 0 Å². The second kappa shape index (κ2) is 5.40. The van der Waals surface area contributed by atoms with Gasteiger partial charge >= 0.3 is 0 Å². The Hall–Kier alpha value is -3.02. The van der Waals surface area contributed by atoms with E-state index in [1.807, 2.05) is 31.2 Å². The fraction of sp³-hybridized carbons (Fsp3) is 0.125. The second-order valence-corrected chi connectivity index (χ2v) is 5.06. The van der Waals surface area contributed by atoms with Crippen LogP contribution in [-0.2, 0) is 6.54 Å². The number of nitro benzene ring substituents is 1. The van der Waals surface area contributed by atoms with Gasteiger partial charge in [0, 0.05) is 12.1 Å². The third kappa shape index (κ3) is 2.46. The van der Waals surface area contributed by atoms with E-state index in [2.05, 4.69) is 4.98 Å². The van der Waals surface area contributed by atoms with E-state index in [-0.39, 0.29) is 11.2 Å². The molecule has 22 heavy (non-hydrogen) atoms. The molecule has 0 amide bonds. The molecule has 0 saturated carbocycles. The third-order valence-electron chi connectivity index (χ3n) is 3.62. The van der Waals surface area contributed by atoms with Crippen LogP contribution in [0.3, 0.4) is 0 Å². The number of benzene rings is 2. The molecule has 0 unspecified atom stereocenters. The first-order chi connectivity index (χ1) is 10.6. The number of nitro groups is 1. The van der Waals surface area contributed by atoms with Crippen LogP contribution < -0.4 is 5.56 Å². The Kier molecular flexibility index (Phi) is 3.42. The average molecular weight is 295 g/mol. The highest BCUT2D eigenvalue weighted by atomic mass is 16.6. The first kappa shape index (κ1) is 13.9. The zero-order chi connectivity index (χ0) is 15.7. The Morgan fingerprint density at radius 2 is 2.00 bits per heavy atom. The summed E-state index contributed by atoms with van der Waals surface area (Å²) < 4.78 is 1.51. The minimum Gasteiger partial charge on any atom is -0.294 e. The first-order valence-corrected chi connectivity index (χ1v) is 6.74. The monoisotopic (exact) mass is 295 g/mol. The summed E-state index contributed by atoms with van der Waals surface area (Å²) in [6.07, 6.45) is 1.43. The normalized spacial score (nSPS) is 10.8. The largest absolute Gasteiger partial charge is 0.294 e. The molecule has 0 spiro atoms. The highest BCUT2D eigenvalue weighted by Gasteiger charge is 2.11. The quantitative estimate of drug-likeness (QED) is 0.549. The predicted molar refractivity (Wildman–Crippen MR) is 82.9 cm³/mol. The summed E-state index contributed by atoms with van der Waals surface area (Å²) in [6.45, 7) is 2.41. The molecule has 3 aromatic rings. The smallest absolute Gasteiger partial charge is 0.271 e. The maximum atomic E-state index is 12.5. The molecule has 1 aromatic heterocycles. The van der Waals surface area contributed by atoms with Gasteiger partial charge in [0.1, 0.15) is 0 Å². The van der Waals surface area contributed by atoms with Gasteiger partial charge in [-0.3, -0.25) is 19.5 Å². The summed E-state index contributed by atoms with van der Waals surface area (Å²) in [5.74, 6) is 0. The van der Waals surface area contributed by atoms with Crippen LogP contribution in [0.25, 0.3) is 10.9 Å². The van der Waals surface area contributed by atoms with Crippen molar-refractivity contribution in [1.29, 1.82) is 0 Å². The van der Waals surface area contributed by atoms with E-state index in [0.29, 0.717) is 17.4 Å². The van der Waals surface area contributed by atoms with E-state index in [1.165, 1.54) is 29.1 Å². The topological polar surface area (TPSA) is 78.0 Å². The van der Waals surface area contributed by atoms with E-state index in [1.54, 1.807) is 0 Å². The van der Waals surface area contributed by atoms with Crippen LogP contribution in [0.4, 0.5) is 5.69 Å². The molecule has 110 valence electrons. The lowest BCUT2D eigenvalue weighted by Gasteiger charge is -2.09. The standard InChI is InChI=1S/C16H13N3O3/c1-11-4-2-3-5-12(11)9-18-10-17-15-8-13(19(21)22)6-7-14(15)16(18)20/h2-8,10H,9H2,1H3. The molecule has 6 nitrogen and oxygen atoms in total. The summed E-state index contributed by atoms with van der Waals surface area (Å²) in [5.41, 5.74) is 2.19. The fourth-order valence-corrected chi connectivity index (χ4v) is 2.34. The maximum Gasteiger partial charge on any atom is 0.271 e. The molecule has 0 fully saturated rings. The Bertz CT molecular complexity index is 931. The van der Waals surface area contributed by atoms with E-state index in [0.717, 1.165) is 11.1 Å². The van der Waals surface area contributed by atoms with E-state index in [4.69, 9.17) is 0 Å². The highest BCUT2D eigenvalue weighted by Crippen LogP contribution is 2.16. The van der Waals surface area contributed by atoms with Crippen LogP contribution in [0, 0.1) is 17.0 Å². The van der Waals surface area contributed by atoms with E-state index in [9.17, 15) is 14.9 Å². The van der Waals surface area contributed by atoms with Crippen molar-refractivity contribution in [2.75, 3.05) is 0 Å². The zero-order valence-electron chi connectivity index (χ0n) is 11.9. The van der Waals surface area contributed by atoms with Crippen molar-refractivity contribution in [3.8, 4) is 0 Å². The van der Waals surface area contributed by atoms with Crippen molar-refractivity contribution in [1.82, 2.24) is 9.55 Å². The zero-order valence-corrected chi connectivity index (χ0v) is 11.9. The first-order valence-electron chi connectivity index (χ1n) is 6.74. The van der Waals surface area contributed by atoms with E-state index < -0.39 is 4.92 Å². The molecule has 0 saturated heterocycles. The number of aryl methyl sites for hydroxylation is 1. The number of hydrogen-bond donors (Lipinski definition) is 0. The van der Waals surface area contributed by atoms with E-state index >= 15 is 0 Å². The summed E-state index contributed by atoms with van der Waals surface area (Å²) in [6, 6.07) is 11.9. The van der Waals surface area contributed by atoms with Gasteiger partial charge in [0.15, 0.2) is 0 Å². The average Bonchev–Trinajstić information content (AvgIpc) is 2.51. The molecule has 0 bridgehead atoms. The number of nitrogens with zero attached hydrogens (tertiary/aromatic N) is 3. The molecule has 2 aromatic carbocycles. The van der Waals surface area contributed by atoms with Crippen molar-refractivity contribution in [2.45, 2.75) is 13.5 Å². The van der Waals surface area contributed by atoms with Crippen LogP contribution in [-0.4, -0.2) is 14.5 Å². The molecule has 0 atom stereocenters. The Balaban J connectivity index is 2.07. The Labute approximate surface area is 125 Å². The molecule has 3 rings (SSSR count). The molecule has 0 radical (unpaired) electrons. The van der Waals surface area contributed by atoms with Crippen molar-refractivity contribution < 1.29 is 4.92 Å². The van der Waals surface area contributed by atoms with Gasteiger partial charge in [0.25, 0.3) is 11.2 Å². The van der Waals surface area contributed by atoms with Gasteiger partial charge in [-0.05, 0) is 24.1 Å². The van der Waals surface area contributed by atoms with Gasteiger partial charge in [-0.2, -0.15) is 0 Å². The maximum absolute atomic E-state index is 12.5. The van der Waals surface area contributed by atoms with Gasteiger partial charge in [-0.1, -0.05) is 24.3 Å². The fourth-order valence-electron chi connectivity index (χ4n) is 2.34. The van der Waals surface area contributed by atoms with Gasteiger partial charge in [-0.25, -0.2) is 4.98 Å². The van der Waals surface area contributed by atoms with Gasteiger partial charge in [0.05, 0.1) is 28.7 Å². The lowest BCUT2D eigenvalue weighted by Crippen LogP contribution is -2.21. The molecular weight excluding hydrogens is 282 g/mol. The number of fused-ring (bicyclic) bond motifs is 1. The SMILES string of the molecule is Cc1ccccc1Cn1cnc2cc([N+](=O)[O-])ccc2c1=O. The van der Waals surface area contributed by atoms with Gasteiger partial charge in [0.2, 0.25) is 0 Å². The molecular formula is C16H13N3O3. The van der Waals surface area contributed by atoms with Gasteiger partial charge < -0.3 is 0 Å². The second-order valence-electron chi connectivity index (χ2n) is 5.06. The van der Waals surface area contributed by atoms with Crippen molar-refractivity contribution in [3.63, 3.8) is 0 Å². The minimum atomic E-state index is -0.500. The molecule has 0 aliphatic carbocycles. The third-order valence-corrected chi connectivity index (χ3v) is 3.62. The summed E-state index contributed by atoms with van der Waals surface area (Å²) in [5, 5.41) is 11.1. The van der Waals surface area contributed by atoms with Crippen molar-refractivity contribution >= 4 is 16.6 Å². The number of rotatable bonds is 3. The minimum absolute atomic E-state index is 0.0731. The molecule has 0 aliphatic rings. The van der Waals surface area contributed by atoms with Crippen molar-refractivity contribution in [2.24, 2.45) is 0 Å².